The number of rotatable bonds is 4. The maximum atomic E-state index is 6.06. The molecule has 2 heterocycles. The van der Waals surface area contributed by atoms with E-state index in [1.165, 1.54) is 11.1 Å². The Balaban J connectivity index is 0.00000156. The highest BCUT2D eigenvalue weighted by Crippen LogP contribution is 2.44. The van der Waals surface area contributed by atoms with Crippen molar-refractivity contribution in [2.24, 2.45) is 0 Å². The molecule has 0 spiro atoms. The smallest absolute Gasteiger partial charge is 0.144 e. The van der Waals surface area contributed by atoms with Gasteiger partial charge >= 0.3 is 0 Å². The van der Waals surface area contributed by atoms with E-state index in [0.29, 0.717) is 0 Å². The second-order valence-corrected chi connectivity index (χ2v) is 6.12. The average Bonchev–Trinajstić information content (AvgIpc) is 3.39. The summed E-state index contributed by atoms with van der Waals surface area (Å²) in [6.07, 6.45) is 0.118. The molecule has 4 rings (SSSR count). The Morgan fingerprint density at radius 2 is 1.73 bits per heavy atom. The van der Waals surface area contributed by atoms with Crippen molar-refractivity contribution in [2.75, 3.05) is 26.3 Å². The molecule has 2 fully saturated rings. The Hall–Kier alpha value is -1.68. The first kappa shape index (κ1) is 13.9. The third-order valence-electron chi connectivity index (χ3n) is 4.64. The summed E-state index contributed by atoms with van der Waals surface area (Å²) in [4.78, 5) is 2.47. The highest BCUT2D eigenvalue weighted by molar-refractivity contribution is 5.29. The number of nitrogens with zero attached hydrogens (tertiary/aromatic N) is 1. The Morgan fingerprint density at radius 3 is 2.41 bits per heavy atom. The Morgan fingerprint density at radius 1 is 1.05 bits per heavy atom. The van der Waals surface area contributed by atoms with Crippen LogP contribution >= 0.6 is 0 Å². The molecule has 2 aromatic carbocycles. The Kier molecular flexibility index (Phi) is 3.70. The second-order valence-electron chi connectivity index (χ2n) is 6.12. The first-order valence-electron chi connectivity index (χ1n) is 7.94. The van der Waals surface area contributed by atoms with Gasteiger partial charge in [-0.1, -0.05) is 60.7 Å². The van der Waals surface area contributed by atoms with Crippen LogP contribution in [0.4, 0.5) is 0 Å². The fourth-order valence-corrected chi connectivity index (χ4v) is 3.31. The monoisotopic (exact) mass is 297 g/mol. The van der Waals surface area contributed by atoms with Gasteiger partial charge in [-0.15, -0.1) is 0 Å². The standard InChI is InChI=1S/C19H21NO2.H2/c1-3-7-16(8-4-1)13-20-11-12-21-18(14-20)19(15-22-19)17-9-5-2-6-10-17;/h1-10,18H,11-15H2;1H. The minimum atomic E-state index is -0.226. The van der Waals surface area contributed by atoms with Gasteiger partial charge in [0, 0.05) is 21.1 Å². The zero-order valence-electron chi connectivity index (χ0n) is 12.7. The van der Waals surface area contributed by atoms with Gasteiger partial charge in [0.2, 0.25) is 0 Å². The van der Waals surface area contributed by atoms with Crippen LogP contribution in [0, 0.1) is 0 Å². The van der Waals surface area contributed by atoms with Gasteiger partial charge < -0.3 is 9.47 Å². The maximum Gasteiger partial charge on any atom is 0.144 e. The molecule has 2 unspecified atom stereocenters. The molecule has 0 radical (unpaired) electrons. The summed E-state index contributed by atoms with van der Waals surface area (Å²) in [5.41, 5.74) is 2.37. The fourth-order valence-electron chi connectivity index (χ4n) is 3.31. The number of benzene rings is 2. The molecule has 3 heteroatoms. The molecular formula is C19H23NO2. The number of epoxide rings is 1. The SMILES string of the molecule is [HH].c1ccc(CN2CCOC(C3(c4ccccc4)CO3)C2)cc1. The van der Waals surface area contributed by atoms with E-state index in [4.69, 9.17) is 9.47 Å². The highest BCUT2D eigenvalue weighted by atomic mass is 16.6. The average molecular weight is 297 g/mol. The lowest BCUT2D eigenvalue weighted by molar-refractivity contribution is -0.0713. The minimum Gasteiger partial charge on any atom is -0.372 e. The molecule has 3 nitrogen and oxygen atoms in total. The number of ether oxygens (including phenoxy) is 2. The van der Waals surface area contributed by atoms with Gasteiger partial charge in [-0.25, -0.2) is 0 Å². The fraction of sp³-hybridized carbons (Fsp3) is 0.368. The van der Waals surface area contributed by atoms with Crippen LogP contribution in [0.3, 0.4) is 0 Å². The summed E-state index contributed by atoms with van der Waals surface area (Å²) >= 11 is 0. The van der Waals surface area contributed by atoms with Gasteiger partial charge in [-0.2, -0.15) is 0 Å². The van der Waals surface area contributed by atoms with Gasteiger partial charge in [0.1, 0.15) is 11.7 Å². The Labute approximate surface area is 133 Å². The minimum absolute atomic E-state index is 0. The van der Waals surface area contributed by atoms with Crippen LogP contribution in [0.25, 0.3) is 0 Å². The third kappa shape index (κ3) is 2.68. The topological polar surface area (TPSA) is 25.0 Å². The van der Waals surface area contributed by atoms with Crippen molar-refractivity contribution >= 4 is 0 Å². The zero-order valence-corrected chi connectivity index (χ0v) is 12.7. The lowest BCUT2D eigenvalue weighted by Crippen LogP contribution is -2.47. The van der Waals surface area contributed by atoms with E-state index in [1.807, 2.05) is 6.07 Å². The molecule has 0 N–H and O–H groups in total. The van der Waals surface area contributed by atoms with E-state index >= 15 is 0 Å². The highest BCUT2D eigenvalue weighted by Gasteiger charge is 2.54. The summed E-state index contributed by atoms with van der Waals surface area (Å²) in [7, 11) is 0. The van der Waals surface area contributed by atoms with Crippen molar-refractivity contribution in [3.8, 4) is 0 Å². The summed E-state index contributed by atoms with van der Waals surface area (Å²) in [6.45, 7) is 4.42. The molecule has 0 bridgehead atoms. The zero-order chi connectivity index (χ0) is 14.8. The maximum absolute atomic E-state index is 6.06. The summed E-state index contributed by atoms with van der Waals surface area (Å²) in [5.74, 6) is 0. The molecule has 2 saturated heterocycles. The summed E-state index contributed by atoms with van der Waals surface area (Å²) in [5, 5.41) is 0. The van der Waals surface area contributed by atoms with Crippen LogP contribution in [-0.4, -0.2) is 37.3 Å². The number of hydrogen-bond acceptors (Lipinski definition) is 3. The molecule has 2 atom stereocenters. The largest absolute Gasteiger partial charge is 0.372 e. The molecule has 22 heavy (non-hydrogen) atoms. The van der Waals surface area contributed by atoms with E-state index in [0.717, 1.165) is 32.8 Å². The van der Waals surface area contributed by atoms with Crippen LogP contribution in [-0.2, 0) is 21.6 Å². The van der Waals surface area contributed by atoms with Crippen molar-refractivity contribution in [3.63, 3.8) is 0 Å². The predicted octanol–water partition coefficient (Wildman–Crippen LogP) is 3.06. The van der Waals surface area contributed by atoms with E-state index in [2.05, 4.69) is 59.5 Å². The third-order valence-corrected chi connectivity index (χ3v) is 4.64. The molecular weight excluding hydrogens is 274 g/mol. The molecule has 2 aliphatic rings. The van der Waals surface area contributed by atoms with Gasteiger partial charge in [-0.05, 0) is 11.1 Å². The van der Waals surface area contributed by atoms with Crippen molar-refractivity contribution in [3.05, 3.63) is 71.8 Å². The lowest BCUT2D eigenvalue weighted by atomic mass is 9.92. The van der Waals surface area contributed by atoms with Crippen molar-refractivity contribution in [1.29, 1.82) is 0 Å². The second kappa shape index (κ2) is 5.84. The molecule has 0 aliphatic carbocycles. The molecule has 116 valence electrons. The van der Waals surface area contributed by atoms with Crippen LogP contribution in [0.1, 0.15) is 12.6 Å². The van der Waals surface area contributed by atoms with E-state index in [1.54, 1.807) is 0 Å². The van der Waals surface area contributed by atoms with Crippen molar-refractivity contribution in [2.45, 2.75) is 18.2 Å². The van der Waals surface area contributed by atoms with Crippen molar-refractivity contribution in [1.82, 2.24) is 4.90 Å². The van der Waals surface area contributed by atoms with Crippen LogP contribution < -0.4 is 0 Å². The molecule has 2 aliphatic heterocycles. The number of hydrogen-bond donors (Lipinski definition) is 0. The normalized spacial score (nSPS) is 28.5. The molecule has 0 aromatic heterocycles. The number of morpholine rings is 1. The lowest BCUT2D eigenvalue weighted by Gasteiger charge is -2.36. The van der Waals surface area contributed by atoms with Crippen LogP contribution in [0.2, 0.25) is 0 Å². The molecule has 0 amide bonds. The van der Waals surface area contributed by atoms with Gasteiger partial charge in [-0.3, -0.25) is 4.90 Å². The van der Waals surface area contributed by atoms with E-state index in [9.17, 15) is 0 Å². The van der Waals surface area contributed by atoms with Crippen LogP contribution in [0.15, 0.2) is 60.7 Å². The molecule has 0 saturated carbocycles. The Bertz CT molecular complexity index is 616. The van der Waals surface area contributed by atoms with Crippen molar-refractivity contribution < 1.29 is 10.9 Å². The van der Waals surface area contributed by atoms with E-state index < -0.39 is 0 Å². The summed E-state index contributed by atoms with van der Waals surface area (Å²) < 4.78 is 11.9. The van der Waals surface area contributed by atoms with Crippen LogP contribution in [0.5, 0.6) is 0 Å². The van der Waals surface area contributed by atoms with Gasteiger partial charge in [0.15, 0.2) is 0 Å². The predicted molar refractivity (Wildman–Crippen MR) is 87.6 cm³/mol. The van der Waals surface area contributed by atoms with Gasteiger partial charge in [0.25, 0.3) is 0 Å². The molecule has 2 aromatic rings. The summed E-state index contributed by atoms with van der Waals surface area (Å²) in [6, 6.07) is 21.1. The van der Waals surface area contributed by atoms with Gasteiger partial charge in [0.05, 0.1) is 13.2 Å². The van der Waals surface area contributed by atoms with E-state index in [-0.39, 0.29) is 13.1 Å². The quantitative estimate of drug-likeness (QED) is 0.811. The first-order chi connectivity index (χ1) is 10.9. The first-order valence-corrected chi connectivity index (χ1v) is 7.94.